The summed E-state index contributed by atoms with van der Waals surface area (Å²) < 4.78 is 0. The minimum atomic E-state index is 0.281. The molecule has 0 bridgehead atoms. The smallest absolute Gasteiger partial charge is 0.236 e. The molecule has 0 spiro atoms. The molecule has 2 saturated heterocycles. The summed E-state index contributed by atoms with van der Waals surface area (Å²) in [4.78, 5) is 21.4. The molecule has 2 fully saturated rings. The number of piperazine rings is 1. The van der Waals surface area contributed by atoms with Crippen molar-refractivity contribution in [1.82, 2.24) is 14.7 Å². The Bertz CT molecular complexity index is 527. The fraction of sp³-hybridized carbons (Fsp3) is 0.632. The average Bonchev–Trinajstić information content (AvgIpc) is 3.04. The van der Waals surface area contributed by atoms with Crippen molar-refractivity contribution in [1.29, 1.82) is 0 Å². The monoisotopic (exact) mass is 330 g/mol. The number of carbonyl (C=O) groups excluding carboxylic acids is 1. The third-order valence-corrected chi connectivity index (χ3v) is 5.24. The van der Waals surface area contributed by atoms with Crippen molar-refractivity contribution in [3.8, 4) is 0 Å². The lowest BCUT2D eigenvalue weighted by Gasteiger charge is -2.33. The standard InChI is InChI=1S/C19H30N4O/c1-20-10-12-22(13-11-20)19(24)16-21(2)14-17-8-9-23(15-17)18-6-4-3-5-7-18/h3-7,17H,8-16H2,1-2H3. The summed E-state index contributed by atoms with van der Waals surface area (Å²) in [5, 5.41) is 0. The van der Waals surface area contributed by atoms with Gasteiger partial charge in [0, 0.05) is 51.5 Å². The van der Waals surface area contributed by atoms with E-state index < -0.39 is 0 Å². The molecule has 132 valence electrons. The van der Waals surface area contributed by atoms with Crippen LogP contribution in [-0.2, 0) is 4.79 Å². The molecule has 2 aliphatic heterocycles. The first kappa shape index (κ1) is 17.2. The van der Waals surface area contributed by atoms with E-state index >= 15 is 0 Å². The Hall–Kier alpha value is -1.59. The SMILES string of the molecule is CN1CCN(C(=O)CN(C)CC2CCN(c3ccccc3)C2)CC1. The molecule has 1 aromatic carbocycles. The maximum atomic E-state index is 12.4. The van der Waals surface area contributed by atoms with E-state index in [9.17, 15) is 4.79 Å². The highest BCUT2D eigenvalue weighted by Crippen LogP contribution is 2.23. The van der Waals surface area contributed by atoms with Gasteiger partial charge < -0.3 is 14.7 Å². The number of hydrogen-bond acceptors (Lipinski definition) is 4. The lowest BCUT2D eigenvalue weighted by molar-refractivity contribution is -0.133. The molecule has 0 saturated carbocycles. The average molecular weight is 330 g/mol. The summed E-state index contributed by atoms with van der Waals surface area (Å²) >= 11 is 0. The number of anilines is 1. The Morgan fingerprint density at radius 3 is 2.54 bits per heavy atom. The molecule has 1 atom stereocenters. The van der Waals surface area contributed by atoms with Gasteiger partial charge in [0.05, 0.1) is 6.54 Å². The number of rotatable bonds is 5. The molecule has 5 nitrogen and oxygen atoms in total. The van der Waals surface area contributed by atoms with E-state index in [0.717, 1.165) is 45.8 Å². The zero-order valence-electron chi connectivity index (χ0n) is 15.0. The van der Waals surface area contributed by atoms with E-state index in [1.165, 1.54) is 12.1 Å². The summed E-state index contributed by atoms with van der Waals surface area (Å²) in [6.45, 7) is 7.48. The fourth-order valence-electron chi connectivity index (χ4n) is 3.75. The largest absolute Gasteiger partial charge is 0.371 e. The van der Waals surface area contributed by atoms with Crippen molar-refractivity contribution in [3.05, 3.63) is 30.3 Å². The van der Waals surface area contributed by atoms with Crippen LogP contribution in [0.2, 0.25) is 0 Å². The summed E-state index contributed by atoms with van der Waals surface area (Å²) in [6, 6.07) is 10.6. The van der Waals surface area contributed by atoms with Gasteiger partial charge in [-0.3, -0.25) is 9.69 Å². The first-order valence-corrected chi connectivity index (χ1v) is 9.06. The third kappa shape index (κ3) is 4.48. The van der Waals surface area contributed by atoms with Gasteiger partial charge in [0.15, 0.2) is 0 Å². The molecule has 2 heterocycles. The van der Waals surface area contributed by atoms with Crippen LogP contribution >= 0.6 is 0 Å². The number of carbonyl (C=O) groups is 1. The first-order chi connectivity index (χ1) is 11.6. The van der Waals surface area contributed by atoms with Gasteiger partial charge in [0.1, 0.15) is 0 Å². The van der Waals surface area contributed by atoms with Gasteiger partial charge in [-0.15, -0.1) is 0 Å². The normalized spacial score (nSPS) is 22.4. The molecule has 5 heteroatoms. The molecule has 0 N–H and O–H groups in total. The molecule has 0 aliphatic carbocycles. The van der Waals surface area contributed by atoms with Crippen LogP contribution in [0, 0.1) is 5.92 Å². The molecule has 1 amide bonds. The summed E-state index contributed by atoms with van der Waals surface area (Å²) in [6.07, 6.45) is 1.21. The van der Waals surface area contributed by atoms with Crippen molar-refractivity contribution in [2.45, 2.75) is 6.42 Å². The van der Waals surface area contributed by atoms with Gasteiger partial charge in [-0.05, 0) is 38.6 Å². The minimum Gasteiger partial charge on any atom is -0.371 e. The molecule has 2 aliphatic rings. The zero-order valence-corrected chi connectivity index (χ0v) is 15.0. The Morgan fingerprint density at radius 2 is 1.83 bits per heavy atom. The van der Waals surface area contributed by atoms with Gasteiger partial charge in [-0.1, -0.05) is 18.2 Å². The van der Waals surface area contributed by atoms with Crippen LogP contribution in [-0.4, -0.2) is 87.1 Å². The molecule has 24 heavy (non-hydrogen) atoms. The Labute approximate surface area is 145 Å². The highest BCUT2D eigenvalue weighted by molar-refractivity contribution is 5.78. The van der Waals surface area contributed by atoms with Crippen LogP contribution in [0.3, 0.4) is 0 Å². The number of likely N-dealkylation sites (N-methyl/N-ethyl adjacent to an activating group) is 2. The van der Waals surface area contributed by atoms with E-state index in [4.69, 9.17) is 0 Å². The van der Waals surface area contributed by atoms with E-state index in [-0.39, 0.29) is 5.91 Å². The van der Waals surface area contributed by atoms with Crippen molar-refractivity contribution < 1.29 is 4.79 Å². The van der Waals surface area contributed by atoms with Crippen LogP contribution in [0.25, 0.3) is 0 Å². The van der Waals surface area contributed by atoms with E-state index in [1.54, 1.807) is 0 Å². The van der Waals surface area contributed by atoms with Crippen molar-refractivity contribution in [2.24, 2.45) is 5.92 Å². The van der Waals surface area contributed by atoms with Crippen LogP contribution < -0.4 is 4.90 Å². The van der Waals surface area contributed by atoms with E-state index in [2.05, 4.69) is 59.1 Å². The highest BCUT2D eigenvalue weighted by Gasteiger charge is 2.25. The second kappa shape index (κ2) is 7.99. The molecular formula is C19H30N4O. The Morgan fingerprint density at radius 1 is 1.12 bits per heavy atom. The van der Waals surface area contributed by atoms with Gasteiger partial charge in [-0.25, -0.2) is 0 Å². The summed E-state index contributed by atoms with van der Waals surface area (Å²) in [5.41, 5.74) is 1.32. The van der Waals surface area contributed by atoms with Gasteiger partial charge in [0.25, 0.3) is 0 Å². The number of nitrogens with zero attached hydrogens (tertiary/aromatic N) is 4. The zero-order chi connectivity index (χ0) is 16.9. The maximum Gasteiger partial charge on any atom is 0.236 e. The van der Waals surface area contributed by atoms with Gasteiger partial charge >= 0.3 is 0 Å². The topological polar surface area (TPSA) is 30.0 Å². The lowest BCUT2D eigenvalue weighted by Crippen LogP contribution is -2.50. The van der Waals surface area contributed by atoms with E-state index in [0.29, 0.717) is 12.5 Å². The van der Waals surface area contributed by atoms with Crippen molar-refractivity contribution in [2.75, 3.05) is 71.4 Å². The quantitative estimate of drug-likeness (QED) is 0.812. The fourth-order valence-corrected chi connectivity index (χ4v) is 3.75. The van der Waals surface area contributed by atoms with Crippen LogP contribution in [0.4, 0.5) is 5.69 Å². The molecule has 3 rings (SSSR count). The predicted octanol–water partition coefficient (Wildman–Crippen LogP) is 1.22. The number of hydrogen-bond donors (Lipinski definition) is 0. The third-order valence-electron chi connectivity index (χ3n) is 5.24. The predicted molar refractivity (Wildman–Crippen MR) is 98.3 cm³/mol. The maximum absolute atomic E-state index is 12.4. The Balaban J connectivity index is 1.42. The number of benzene rings is 1. The second-order valence-corrected chi connectivity index (χ2v) is 7.32. The van der Waals surface area contributed by atoms with Crippen molar-refractivity contribution in [3.63, 3.8) is 0 Å². The Kier molecular flexibility index (Phi) is 5.74. The van der Waals surface area contributed by atoms with Crippen LogP contribution in [0.5, 0.6) is 0 Å². The van der Waals surface area contributed by atoms with Crippen LogP contribution in [0.1, 0.15) is 6.42 Å². The lowest BCUT2D eigenvalue weighted by atomic mass is 10.1. The summed E-state index contributed by atoms with van der Waals surface area (Å²) in [5.74, 6) is 0.930. The number of para-hydroxylation sites is 1. The molecule has 1 aromatic rings. The summed E-state index contributed by atoms with van der Waals surface area (Å²) in [7, 11) is 4.20. The van der Waals surface area contributed by atoms with Crippen molar-refractivity contribution >= 4 is 11.6 Å². The second-order valence-electron chi connectivity index (χ2n) is 7.32. The molecular weight excluding hydrogens is 300 g/mol. The van der Waals surface area contributed by atoms with Gasteiger partial charge in [0.2, 0.25) is 5.91 Å². The molecule has 0 aromatic heterocycles. The number of amides is 1. The highest BCUT2D eigenvalue weighted by atomic mass is 16.2. The molecule has 0 radical (unpaired) electrons. The van der Waals surface area contributed by atoms with Crippen LogP contribution in [0.15, 0.2) is 30.3 Å². The molecule has 1 unspecified atom stereocenters. The minimum absolute atomic E-state index is 0.281. The first-order valence-electron chi connectivity index (χ1n) is 9.06. The van der Waals surface area contributed by atoms with E-state index in [1.807, 2.05) is 4.90 Å². The van der Waals surface area contributed by atoms with Gasteiger partial charge in [-0.2, -0.15) is 0 Å².